The number of hydrogen-bond donors (Lipinski definition) is 0. The van der Waals surface area contributed by atoms with Gasteiger partial charge in [0.1, 0.15) is 11.5 Å². The summed E-state index contributed by atoms with van der Waals surface area (Å²) in [6, 6.07) is 23.4. The predicted molar refractivity (Wildman–Crippen MR) is 90.8 cm³/mol. The molecule has 3 heteroatoms. The van der Waals surface area contributed by atoms with Gasteiger partial charge in [-0.3, -0.25) is 0 Å². The Morgan fingerprint density at radius 2 is 1.45 bits per heavy atom. The third-order valence-corrected chi connectivity index (χ3v) is 3.79. The summed E-state index contributed by atoms with van der Waals surface area (Å²) in [7, 11) is 0. The molecule has 0 aliphatic heterocycles. The molecule has 0 fully saturated rings. The van der Waals surface area contributed by atoms with Crippen LogP contribution in [0.1, 0.15) is 0 Å². The Kier molecular flexibility index (Phi) is 3.17. The Morgan fingerprint density at radius 3 is 2.32 bits per heavy atom. The standard InChI is InChI=1S/C19H12ClNO/c20-13-10-11-18-16(12-13)19(22-14-6-2-1-3-7-14)15-8-4-5-9-17(15)21-18/h1-12H. The van der Waals surface area contributed by atoms with Gasteiger partial charge in [0, 0.05) is 15.8 Å². The lowest BCUT2D eigenvalue weighted by Gasteiger charge is -2.12. The minimum Gasteiger partial charge on any atom is -0.456 e. The Bertz CT molecular complexity index is 967. The van der Waals surface area contributed by atoms with Gasteiger partial charge >= 0.3 is 0 Å². The average molecular weight is 306 g/mol. The molecule has 0 saturated carbocycles. The quantitative estimate of drug-likeness (QED) is 0.434. The second-order valence-corrected chi connectivity index (χ2v) is 5.47. The van der Waals surface area contributed by atoms with Gasteiger partial charge in [-0.1, -0.05) is 41.9 Å². The van der Waals surface area contributed by atoms with E-state index in [4.69, 9.17) is 16.3 Å². The molecule has 22 heavy (non-hydrogen) atoms. The van der Waals surface area contributed by atoms with Crippen molar-refractivity contribution in [3.63, 3.8) is 0 Å². The van der Waals surface area contributed by atoms with Crippen molar-refractivity contribution in [1.29, 1.82) is 0 Å². The lowest BCUT2D eigenvalue weighted by molar-refractivity contribution is 0.493. The SMILES string of the molecule is Clc1ccc2nc3ccccc3c(Oc3ccccc3)c2c1. The number of pyridine rings is 1. The molecule has 0 N–H and O–H groups in total. The number of rotatable bonds is 2. The molecule has 0 unspecified atom stereocenters. The zero-order valence-electron chi connectivity index (χ0n) is 11.7. The number of ether oxygens (including phenoxy) is 1. The molecule has 1 aromatic heterocycles. The summed E-state index contributed by atoms with van der Waals surface area (Å²) in [6.07, 6.45) is 0. The summed E-state index contributed by atoms with van der Waals surface area (Å²) in [4.78, 5) is 4.68. The molecule has 0 radical (unpaired) electrons. The summed E-state index contributed by atoms with van der Waals surface area (Å²) in [5, 5.41) is 2.55. The van der Waals surface area contributed by atoms with Crippen molar-refractivity contribution < 1.29 is 4.74 Å². The Balaban J connectivity index is 2.04. The minimum absolute atomic E-state index is 0.669. The number of nitrogens with zero attached hydrogens (tertiary/aromatic N) is 1. The van der Waals surface area contributed by atoms with Crippen LogP contribution < -0.4 is 4.74 Å². The second-order valence-electron chi connectivity index (χ2n) is 5.03. The maximum Gasteiger partial charge on any atom is 0.146 e. The van der Waals surface area contributed by atoms with E-state index in [1.165, 1.54) is 0 Å². The second kappa shape index (κ2) is 5.32. The van der Waals surface area contributed by atoms with Gasteiger partial charge in [-0.05, 0) is 42.5 Å². The van der Waals surface area contributed by atoms with Crippen LogP contribution in [0.2, 0.25) is 5.02 Å². The van der Waals surface area contributed by atoms with Crippen molar-refractivity contribution in [2.75, 3.05) is 0 Å². The first-order valence-corrected chi connectivity index (χ1v) is 7.40. The van der Waals surface area contributed by atoms with E-state index in [0.717, 1.165) is 33.3 Å². The van der Waals surface area contributed by atoms with E-state index in [-0.39, 0.29) is 0 Å². The first-order valence-electron chi connectivity index (χ1n) is 7.02. The van der Waals surface area contributed by atoms with Crippen molar-refractivity contribution in [3.8, 4) is 11.5 Å². The molecule has 1 heterocycles. The van der Waals surface area contributed by atoms with E-state index in [2.05, 4.69) is 4.98 Å². The monoisotopic (exact) mass is 305 g/mol. The van der Waals surface area contributed by atoms with Gasteiger partial charge in [0.05, 0.1) is 11.0 Å². The van der Waals surface area contributed by atoms with Gasteiger partial charge < -0.3 is 4.74 Å². The number of aromatic nitrogens is 1. The van der Waals surface area contributed by atoms with Crippen molar-refractivity contribution in [2.24, 2.45) is 0 Å². The first kappa shape index (κ1) is 13.1. The van der Waals surface area contributed by atoms with Crippen LogP contribution in [0.5, 0.6) is 11.5 Å². The number of fused-ring (bicyclic) bond motifs is 2. The number of benzene rings is 3. The third kappa shape index (κ3) is 2.28. The van der Waals surface area contributed by atoms with Crippen LogP contribution in [0.4, 0.5) is 0 Å². The van der Waals surface area contributed by atoms with Gasteiger partial charge in [-0.2, -0.15) is 0 Å². The molecule has 0 spiro atoms. The smallest absolute Gasteiger partial charge is 0.146 e. The molecule has 3 aromatic carbocycles. The maximum absolute atomic E-state index is 6.16. The molecular formula is C19H12ClNO. The van der Waals surface area contributed by atoms with Crippen molar-refractivity contribution in [2.45, 2.75) is 0 Å². The summed E-state index contributed by atoms with van der Waals surface area (Å²) in [5.41, 5.74) is 1.78. The number of hydrogen-bond acceptors (Lipinski definition) is 2. The normalized spacial score (nSPS) is 11.0. The average Bonchev–Trinajstić information content (AvgIpc) is 2.56. The highest BCUT2D eigenvalue weighted by molar-refractivity contribution is 6.31. The Morgan fingerprint density at radius 1 is 0.727 bits per heavy atom. The maximum atomic E-state index is 6.16. The third-order valence-electron chi connectivity index (χ3n) is 3.56. The molecule has 0 saturated heterocycles. The van der Waals surface area contributed by atoms with Crippen LogP contribution in [0.15, 0.2) is 72.8 Å². The highest BCUT2D eigenvalue weighted by Gasteiger charge is 2.11. The van der Waals surface area contributed by atoms with Crippen molar-refractivity contribution >= 4 is 33.4 Å². The zero-order valence-corrected chi connectivity index (χ0v) is 12.4. The van der Waals surface area contributed by atoms with E-state index < -0.39 is 0 Å². The van der Waals surface area contributed by atoms with E-state index in [1.54, 1.807) is 0 Å². The molecule has 0 bridgehead atoms. The molecular weight excluding hydrogens is 294 g/mol. The molecule has 0 aliphatic carbocycles. The largest absolute Gasteiger partial charge is 0.456 e. The van der Waals surface area contributed by atoms with E-state index >= 15 is 0 Å². The lowest BCUT2D eigenvalue weighted by Crippen LogP contribution is -1.91. The van der Waals surface area contributed by atoms with E-state index in [9.17, 15) is 0 Å². The molecule has 2 nitrogen and oxygen atoms in total. The highest BCUT2D eigenvalue weighted by Crippen LogP contribution is 2.37. The van der Waals surface area contributed by atoms with Gasteiger partial charge in [0.25, 0.3) is 0 Å². The summed E-state index contributed by atoms with van der Waals surface area (Å²) >= 11 is 6.16. The van der Waals surface area contributed by atoms with Crippen LogP contribution in [0.3, 0.4) is 0 Å². The van der Waals surface area contributed by atoms with Crippen LogP contribution in [-0.2, 0) is 0 Å². The molecule has 0 amide bonds. The van der Waals surface area contributed by atoms with Crippen LogP contribution in [-0.4, -0.2) is 4.98 Å². The fraction of sp³-hybridized carbons (Fsp3) is 0. The van der Waals surface area contributed by atoms with Gasteiger partial charge in [-0.25, -0.2) is 4.98 Å². The van der Waals surface area contributed by atoms with Gasteiger partial charge in [0.2, 0.25) is 0 Å². The lowest BCUT2D eigenvalue weighted by atomic mass is 10.1. The van der Waals surface area contributed by atoms with Gasteiger partial charge in [-0.15, -0.1) is 0 Å². The first-order chi connectivity index (χ1) is 10.8. The van der Waals surface area contributed by atoms with E-state index in [0.29, 0.717) is 5.02 Å². The fourth-order valence-electron chi connectivity index (χ4n) is 2.54. The van der Waals surface area contributed by atoms with Crippen molar-refractivity contribution in [1.82, 2.24) is 4.98 Å². The van der Waals surface area contributed by atoms with Crippen LogP contribution >= 0.6 is 11.6 Å². The Labute approximate surface area is 132 Å². The number of para-hydroxylation sites is 2. The van der Waals surface area contributed by atoms with Gasteiger partial charge in [0.15, 0.2) is 0 Å². The summed E-state index contributed by atoms with van der Waals surface area (Å²) in [6.45, 7) is 0. The molecule has 4 aromatic rings. The predicted octanol–water partition coefficient (Wildman–Crippen LogP) is 5.83. The topological polar surface area (TPSA) is 22.1 Å². The molecule has 0 aliphatic rings. The fourth-order valence-corrected chi connectivity index (χ4v) is 2.71. The minimum atomic E-state index is 0.669. The zero-order chi connectivity index (χ0) is 14.9. The van der Waals surface area contributed by atoms with Crippen LogP contribution in [0, 0.1) is 0 Å². The molecule has 4 rings (SSSR count). The Hall–Kier alpha value is -2.58. The van der Waals surface area contributed by atoms with Crippen LogP contribution in [0.25, 0.3) is 21.8 Å². The molecule has 106 valence electrons. The van der Waals surface area contributed by atoms with Crippen molar-refractivity contribution in [3.05, 3.63) is 77.8 Å². The molecule has 0 atom stereocenters. The summed E-state index contributed by atoms with van der Waals surface area (Å²) < 4.78 is 6.16. The summed E-state index contributed by atoms with van der Waals surface area (Å²) in [5.74, 6) is 1.58. The highest BCUT2D eigenvalue weighted by atomic mass is 35.5. The van der Waals surface area contributed by atoms with E-state index in [1.807, 2.05) is 72.8 Å². The number of halogens is 1.